The predicted molar refractivity (Wildman–Crippen MR) is 92.4 cm³/mol. The Kier molecular flexibility index (Phi) is 5.45. The molecule has 0 saturated heterocycles. The summed E-state index contributed by atoms with van der Waals surface area (Å²) in [6.07, 6.45) is 0. The SMILES string of the molecule is COc1cc(COc2ccc(Br)cc2Cl)ccc1C(N)=S. The topological polar surface area (TPSA) is 44.5 Å². The van der Waals surface area contributed by atoms with Crippen LogP contribution in [0.2, 0.25) is 5.02 Å². The van der Waals surface area contributed by atoms with Crippen LogP contribution >= 0.6 is 39.7 Å². The number of methoxy groups -OCH3 is 1. The molecule has 2 rings (SSSR count). The van der Waals surface area contributed by atoms with Crippen LogP contribution in [0.4, 0.5) is 0 Å². The van der Waals surface area contributed by atoms with Crippen LogP contribution < -0.4 is 15.2 Å². The van der Waals surface area contributed by atoms with E-state index in [9.17, 15) is 0 Å². The molecule has 21 heavy (non-hydrogen) atoms. The lowest BCUT2D eigenvalue weighted by atomic mass is 10.1. The lowest BCUT2D eigenvalue weighted by Gasteiger charge is -2.11. The van der Waals surface area contributed by atoms with E-state index < -0.39 is 0 Å². The highest BCUT2D eigenvalue weighted by atomic mass is 79.9. The lowest BCUT2D eigenvalue weighted by Crippen LogP contribution is -2.11. The quantitative estimate of drug-likeness (QED) is 0.777. The zero-order valence-corrected chi connectivity index (χ0v) is 14.4. The average molecular weight is 387 g/mol. The fraction of sp³-hybridized carbons (Fsp3) is 0.133. The third-order valence-corrected chi connectivity index (χ3v) is 3.83. The van der Waals surface area contributed by atoms with Crippen molar-refractivity contribution in [3.8, 4) is 11.5 Å². The van der Waals surface area contributed by atoms with Crippen molar-refractivity contribution >= 4 is 44.7 Å². The second-order valence-corrected chi connectivity index (χ2v) is 6.03. The molecule has 0 bridgehead atoms. The number of ether oxygens (including phenoxy) is 2. The molecule has 2 N–H and O–H groups in total. The maximum Gasteiger partial charge on any atom is 0.138 e. The zero-order chi connectivity index (χ0) is 15.4. The summed E-state index contributed by atoms with van der Waals surface area (Å²) in [7, 11) is 1.58. The van der Waals surface area contributed by atoms with Crippen molar-refractivity contribution in [2.75, 3.05) is 7.11 Å². The van der Waals surface area contributed by atoms with E-state index in [2.05, 4.69) is 15.9 Å². The smallest absolute Gasteiger partial charge is 0.138 e. The first-order valence-electron chi connectivity index (χ1n) is 6.06. The average Bonchev–Trinajstić information content (AvgIpc) is 2.45. The maximum absolute atomic E-state index is 6.11. The molecule has 110 valence electrons. The Morgan fingerprint density at radius 3 is 2.62 bits per heavy atom. The van der Waals surface area contributed by atoms with E-state index in [4.69, 9.17) is 39.0 Å². The van der Waals surface area contributed by atoms with Crippen molar-refractivity contribution in [1.82, 2.24) is 0 Å². The summed E-state index contributed by atoms with van der Waals surface area (Å²) in [6.45, 7) is 0.370. The molecule has 0 radical (unpaired) electrons. The minimum Gasteiger partial charge on any atom is -0.496 e. The fourth-order valence-corrected chi connectivity index (χ4v) is 2.68. The molecule has 0 aliphatic rings. The van der Waals surface area contributed by atoms with E-state index in [0.717, 1.165) is 10.0 Å². The molecule has 0 fully saturated rings. The van der Waals surface area contributed by atoms with Gasteiger partial charge < -0.3 is 15.2 Å². The summed E-state index contributed by atoms with van der Waals surface area (Å²) in [5.74, 6) is 1.25. The molecule has 0 spiro atoms. The first-order valence-corrected chi connectivity index (χ1v) is 7.63. The van der Waals surface area contributed by atoms with Crippen molar-refractivity contribution in [1.29, 1.82) is 0 Å². The summed E-state index contributed by atoms with van der Waals surface area (Å²) < 4.78 is 11.9. The minimum atomic E-state index is 0.301. The standard InChI is InChI=1S/C15H13BrClNO2S/c1-19-14-6-9(2-4-11(14)15(18)21)8-20-13-5-3-10(16)7-12(13)17/h2-7H,8H2,1H3,(H2,18,21). The second-order valence-electron chi connectivity index (χ2n) is 4.26. The number of hydrogen-bond acceptors (Lipinski definition) is 3. The maximum atomic E-state index is 6.11. The van der Waals surface area contributed by atoms with Crippen LogP contribution in [-0.2, 0) is 6.61 Å². The van der Waals surface area contributed by atoms with E-state index in [1.54, 1.807) is 13.2 Å². The predicted octanol–water partition coefficient (Wildman–Crippen LogP) is 4.32. The van der Waals surface area contributed by atoms with Gasteiger partial charge in [-0.3, -0.25) is 0 Å². The van der Waals surface area contributed by atoms with Gasteiger partial charge in [-0.15, -0.1) is 0 Å². The van der Waals surface area contributed by atoms with Gasteiger partial charge in [0.15, 0.2) is 0 Å². The zero-order valence-electron chi connectivity index (χ0n) is 11.2. The molecular weight excluding hydrogens is 374 g/mol. The molecule has 2 aromatic carbocycles. The van der Waals surface area contributed by atoms with Crippen molar-refractivity contribution in [3.63, 3.8) is 0 Å². The Labute approximate surface area is 142 Å². The first kappa shape index (κ1) is 16.1. The van der Waals surface area contributed by atoms with Gasteiger partial charge in [0.2, 0.25) is 0 Å². The largest absolute Gasteiger partial charge is 0.496 e. The monoisotopic (exact) mass is 385 g/mol. The van der Waals surface area contributed by atoms with Crippen LogP contribution in [0.5, 0.6) is 11.5 Å². The molecule has 2 aromatic rings. The first-order chi connectivity index (χ1) is 10.0. The highest BCUT2D eigenvalue weighted by molar-refractivity contribution is 9.10. The van der Waals surface area contributed by atoms with E-state index in [0.29, 0.717) is 33.7 Å². The Morgan fingerprint density at radius 2 is 2.00 bits per heavy atom. The molecule has 0 amide bonds. The number of rotatable bonds is 5. The van der Waals surface area contributed by atoms with Gasteiger partial charge in [-0.25, -0.2) is 0 Å². The summed E-state index contributed by atoms with van der Waals surface area (Å²) >= 11 is 14.4. The number of thiocarbonyl (C=S) groups is 1. The molecule has 0 unspecified atom stereocenters. The Balaban J connectivity index is 2.15. The van der Waals surface area contributed by atoms with Gasteiger partial charge in [0.05, 0.1) is 17.7 Å². The van der Waals surface area contributed by atoms with Gasteiger partial charge in [0.25, 0.3) is 0 Å². The highest BCUT2D eigenvalue weighted by Gasteiger charge is 2.08. The van der Waals surface area contributed by atoms with Crippen molar-refractivity contribution in [3.05, 3.63) is 57.0 Å². The van der Waals surface area contributed by atoms with Gasteiger partial charge in [-0.05, 0) is 35.9 Å². The number of halogens is 2. The van der Waals surface area contributed by atoms with E-state index in [1.807, 2.05) is 30.3 Å². The Bertz CT molecular complexity index is 679. The fourth-order valence-electron chi connectivity index (χ4n) is 1.78. The molecule has 0 aliphatic heterocycles. The third kappa shape index (κ3) is 4.09. The van der Waals surface area contributed by atoms with Crippen molar-refractivity contribution in [2.45, 2.75) is 6.61 Å². The number of nitrogens with two attached hydrogens (primary N) is 1. The second kappa shape index (κ2) is 7.11. The van der Waals surface area contributed by atoms with E-state index >= 15 is 0 Å². The summed E-state index contributed by atoms with van der Waals surface area (Å²) in [4.78, 5) is 0.301. The van der Waals surface area contributed by atoms with Crippen LogP contribution in [0.15, 0.2) is 40.9 Å². The van der Waals surface area contributed by atoms with Gasteiger partial charge in [-0.1, -0.05) is 45.8 Å². The van der Waals surface area contributed by atoms with Gasteiger partial charge in [0.1, 0.15) is 23.1 Å². The van der Waals surface area contributed by atoms with E-state index in [1.165, 1.54) is 0 Å². The van der Waals surface area contributed by atoms with Gasteiger partial charge >= 0.3 is 0 Å². The molecular formula is C15H13BrClNO2S. The van der Waals surface area contributed by atoms with Crippen LogP contribution in [0.1, 0.15) is 11.1 Å². The minimum absolute atomic E-state index is 0.301. The molecule has 0 atom stereocenters. The lowest BCUT2D eigenvalue weighted by molar-refractivity contribution is 0.305. The number of hydrogen-bond donors (Lipinski definition) is 1. The molecule has 0 heterocycles. The normalized spacial score (nSPS) is 10.2. The highest BCUT2D eigenvalue weighted by Crippen LogP contribution is 2.29. The third-order valence-electron chi connectivity index (χ3n) is 2.82. The molecule has 0 aromatic heterocycles. The molecule has 0 saturated carbocycles. The Morgan fingerprint density at radius 1 is 1.24 bits per heavy atom. The number of benzene rings is 2. The van der Waals surface area contributed by atoms with E-state index in [-0.39, 0.29) is 0 Å². The molecule has 3 nitrogen and oxygen atoms in total. The van der Waals surface area contributed by atoms with Crippen LogP contribution in [0.3, 0.4) is 0 Å². The van der Waals surface area contributed by atoms with Gasteiger partial charge in [-0.2, -0.15) is 0 Å². The van der Waals surface area contributed by atoms with Crippen LogP contribution in [0, 0.1) is 0 Å². The van der Waals surface area contributed by atoms with Crippen molar-refractivity contribution < 1.29 is 9.47 Å². The molecule has 0 aliphatic carbocycles. The Hall–Kier alpha value is -1.30. The summed E-state index contributed by atoms with van der Waals surface area (Å²) in [5.41, 5.74) is 7.28. The molecule has 6 heteroatoms. The van der Waals surface area contributed by atoms with Crippen LogP contribution in [0.25, 0.3) is 0 Å². The summed E-state index contributed by atoms with van der Waals surface area (Å²) in [6, 6.07) is 11.0. The van der Waals surface area contributed by atoms with Crippen LogP contribution in [-0.4, -0.2) is 12.1 Å². The van der Waals surface area contributed by atoms with Crippen molar-refractivity contribution in [2.24, 2.45) is 5.73 Å². The van der Waals surface area contributed by atoms with Gasteiger partial charge in [0, 0.05) is 4.47 Å². The summed E-state index contributed by atoms with van der Waals surface area (Å²) in [5, 5.41) is 0.552.